The van der Waals surface area contributed by atoms with E-state index in [-0.39, 0.29) is 11.7 Å². The summed E-state index contributed by atoms with van der Waals surface area (Å²) in [6.45, 7) is 8.63. The van der Waals surface area contributed by atoms with Crippen LogP contribution in [0.1, 0.15) is 51.9 Å². The van der Waals surface area contributed by atoms with Crippen molar-refractivity contribution in [1.29, 1.82) is 0 Å². The van der Waals surface area contributed by atoms with Crippen LogP contribution in [0.4, 0.5) is 0 Å². The number of aromatic nitrogens is 2. The van der Waals surface area contributed by atoms with Gasteiger partial charge in [0, 0.05) is 42.8 Å². The van der Waals surface area contributed by atoms with Gasteiger partial charge in [-0.05, 0) is 51.8 Å². The maximum atomic E-state index is 12.5. The maximum absolute atomic E-state index is 12.5. The summed E-state index contributed by atoms with van der Waals surface area (Å²) < 4.78 is 2.15. The predicted octanol–water partition coefficient (Wildman–Crippen LogP) is 3.73. The van der Waals surface area contributed by atoms with Crippen molar-refractivity contribution in [3.63, 3.8) is 0 Å². The fourth-order valence-electron chi connectivity index (χ4n) is 3.48. The molecule has 2 aromatic rings. The standard InChI is InChI=1S/C20H25N3O2S/c1-4-23-14(2)11-17(15(23)3)18(24)13-26-19-8-7-16(12-21-19)20(25)22-9-5-6-10-22/h7-8,11-12H,4-6,9-10,13H2,1-3H3. The van der Waals surface area contributed by atoms with Crippen LogP contribution < -0.4 is 0 Å². The van der Waals surface area contributed by atoms with Crippen LogP contribution in [0.3, 0.4) is 0 Å². The van der Waals surface area contributed by atoms with Crippen LogP contribution in [0.2, 0.25) is 0 Å². The zero-order valence-corrected chi connectivity index (χ0v) is 16.4. The minimum Gasteiger partial charge on any atom is -0.349 e. The van der Waals surface area contributed by atoms with E-state index in [2.05, 4.69) is 16.5 Å². The summed E-state index contributed by atoms with van der Waals surface area (Å²) in [5.74, 6) is 0.511. The highest BCUT2D eigenvalue weighted by Crippen LogP contribution is 2.21. The van der Waals surface area contributed by atoms with E-state index >= 15 is 0 Å². The molecule has 1 aliphatic rings. The average molecular weight is 372 g/mol. The molecule has 1 amide bonds. The lowest BCUT2D eigenvalue weighted by Crippen LogP contribution is -2.27. The predicted molar refractivity (Wildman–Crippen MR) is 104 cm³/mol. The molecule has 3 heterocycles. The highest BCUT2D eigenvalue weighted by atomic mass is 32.2. The molecule has 0 spiro atoms. The first-order chi connectivity index (χ1) is 12.5. The van der Waals surface area contributed by atoms with Crippen LogP contribution in [0.5, 0.6) is 0 Å². The van der Waals surface area contributed by atoms with Crippen molar-refractivity contribution in [2.75, 3.05) is 18.8 Å². The van der Waals surface area contributed by atoms with Crippen molar-refractivity contribution in [2.45, 2.75) is 45.2 Å². The van der Waals surface area contributed by atoms with Gasteiger partial charge >= 0.3 is 0 Å². The van der Waals surface area contributed by atoms with E-state index in [1.807, 2.05) is 36.9 Å². The van der Waals surface area contributed by atoms with E-state index in [0.29, 0.717) is 11.3 Å². The third-order valence-corrected chi connectivity index (χ3v) is 5.86. The zero-order valence-electron chi connectivity index (χ0n) is 15.6. The van der Waals surface area contributed by atoms with Crippen LogP contribution in [0.15, 0.2) is 29.4 Å². The fourth-order valence-corrected chi connectivity index (χ4v) is 4.21. The van der Waals surface area contributed by atoms with Gasteiger partial charge in [-0.15, -0.1) is 0 Å². The summed E-state index contributed by atoms with van der Waals surface area (Å²) >= 11 is 1.41. The molecule has 0 radical (unpaired) electrons. The lowest BCUT2D eigenvalue weighted by Gasteiger charge is -2.14. The number of hydrogen-bond acceptors (Lipinski definition) is 4. The Bertz CT molecular complexity index is 805. The number of carbonyl (C=O) groups is 2. The van der Waals surface area contributed by atoms with E-state index < -0.39 is 0 Å². The normalized spacial score (nSPS) is 14.0. The number of Topliss-reactive ketones (excluding diaryl/α,β-unsaturated/α-hetero) is 1. The summed E-state index contributed by atoms with van der Waals surface area (Å²) in [6.07, 6.45) is 3.78. The summed E-state index contributed by atoms with van der Waals surface area (Å²) in [4.78, 5) is 31.1. The van der Waals surface area contributed by atoms with Gasteiger partial charge in [0.05, 0.1) is 16.3 Å². The van der Waals surface area contributed by atoms with Crippen LogP contribution >= 0.6 is 11.8 Å². The van der Waals surface area contributed by atoms with Gasteiger partial charge < -0.3 is 9.47 Å². The van der Waals surface area contributed by atoms with Crippen molar-refractivity contribution in [3.8, 4) is 0 Å². The van der Waals surface area contributed by atoms with Crippen molar-refractivity contribution in [3.05, 3.63) is 46.9 Å². The molecule has 1 aliphatic heterocycles. The molecule has 0 saturated carbocycles. The smallest absolute Gasteiger partial charge is 0.255 e. The molecular formula is C20H25N3O2S. The second-order valence-electron chi connectivity index (χ2n) is 6.63. The molecule has 5 nitrogen and oxygen atoms in total. The molecule has 138 valence electrons. The molecule has 0 N–H and O–H groups in total. The number of ketones is 1. The number of aryl methyl sites for hydroxylation is 1. The van der Waals surface area contributed by atoms with Gasteiger partial charge in [0.25, 0.3) is 5.91 Å². The highest BCUT2D eigenvalue weighted by molar-refractivity contribution is 7.99. The van der Waals surface area contributed by atoms with Gasteiger partial charge in [-0.2, -0.15) is 0 Å². The average Bonchev–Trinajstić information content (AvgIpc) is 3.28. The Labute approximate surface area is 158 Å². The van der Waals surface area contributed by atoms with E-state index in [4.69, 9.17) is 0 Å². The molecule has 0 aromatic carbocycles. The Kier molecular flexibility index (Phi) is 5.81. The Balaban J connectivity index is 1.61. The number of likely N-dealkylation sites (tertiary alicyclic amines) is 1. The van der Waals surface area contributed by atoms with Crippen LogP contribution in [-0.4, -0.2) is 45.0 Å². The first-order valence-corrected chi connectivity index (χ1v) is 10.1. The number of carbonyl (C=O) groups excluding carboxylic acids is 2. The van der Waals surface area contributed by atoms with Gasteiger partial charge in [0.1, 0.15) is 0 Å². The summed E-state index contributed by atoms with van der Waals surface area (Å²) in [5.41, 5.74) is 3.54. The lowest BCUT2D eigenvalue weighted by atomic mass is 10.2. The van der Waals surface area contributed by atoms with E-state index in [1.54, 1.807) is 6.20 Å². The molecule has 1 saturated heterocycles. The lowest BCUT2D eigenvalue weighted by molar-refractivity contribution is 0.0792. The van der Waals surface area contributed by atoms with Crippen molar-refractivity contribution >= 4 is 23.5 Å². The number of nitrogens with zero attached hydrogens (tertiary/aromatic N) is 3. The number of hydrogen-bond donors (Lipinski definition) is 0. The molecular weight excluding hydrogens is 346 g/mol. The zero-order chi connectivity index (χ0) is 18.7. The summed E-state index contributed by atoms with van der Waals surface area (Å²) in [5, 5.41) is 0.764. The van der Waals surface area contributed by atoms with Gasteiger partial charge in [-0.25, -0.2) is 4.98 Å². The summed E-state index contributed by atoms with van der Waals surface area (Å²) in [7, 11) is 0. The van der Waals surface area contributed by atoms with Crippen molar-refractivity contribution in [2.24, 2.45) is 0 Å². The first-order valence-electron chi connectivity index (χ1n) is 9.09. The SMILES string of the molecule is CCn1c(C)cc(C(=O)CSc2ccc(C(=O)N3CCCC3)cn2)c1C. The molecule has 1 fully saturated rings. The van der Waals surface area contributed by atoms with Crippen LogP contribution in [0.25, 0.3) is 0 Å². The molecule has 0 unspecified atom stereocenters. The van der Waals surface area contributed by atoms with E-state index in [1.165, 1.54) is 11.8 Å². The number of thioether (sulfide) groups is 1. The van der Waals surface area contributed by atoms with Crippen LogP contribution in [-0.2, 0) is 6.54 Å². The molecule has 0 aliphatic carbocycles. The molecule has 6 heteroatoms. The Hall–Kier alpha value is -2.08. The van der Waals surface area contributed by atoms with Crippen molar-refractivity contribution in [1.82, 2.24) is 14.5 Å². The number of pyridine rings is 1. The minimum atomic E-state index is 0.0506. The topological polar surface area (TPSA) is 55.2 Å². The Morgan fingerprint density at radius 3 is 2.50 bits per heavy atom. The van der Waals surface area contributed by atoms with Gasteiger partial charge in [-0.1, -0.05) is 11.8 Å². The second kappa shape index (κ2) is 8.08. The van der Waals surface area contributed by atoms with Gasteiger partial charge in [-0.3, -0.25) is 9.59 Å². The fraction of sp³-hybridized carbons (Fsp3) is 0.450. The third-order valence-electron chi connectivity index (χ3n) is 4.92. The number of amides is 1. The van der Waals surface area contributed by atoms with E-state index in [9.17, 15) is 9.59 Å². The Morgan fingerprint density at radius 1 is 1.19 bits per heavy atom. The van der Waals surface area contributed by atoms with Gasteiger partial charge in [0.15, 0.2) is 5.78 Å². The second-order valence-corrected chi connectivity index (χ2v) is 7.62. The van der Waals surface area contributed by atoms with E-state index in [0.717, 1.165) is 54.5 Å². The third kappa shape index (κ3) is 3.85. The minimum absolute atomic E-state index is 0.0506. The number of rotatable bonds is 6. The maximum Gasteiger partial charge on any atom is 0.255 e. The van der Waals surface area contributed by atoms with Crippen molar-refractivity contribution < 1.29 is 9.59 Å². The molecule has 0 bridgehead atoms. The first kappa shape index (κ1) is 18.7. The highest BCUT2D eigenvalue weighted by Gasteiger charge is 2.20. The van der Waals surface area contributed by atoms with Crippen LogP contribution in [0, 0.1) is 13.8 Å². The molecule has 3 rings (SSSR count). The van der Waals surface area contributed by atoms with Gasteiger partial charge in [0.2, 0.25) is 0 Å². The Morgan fingerprint density at radius 2 is 1.92 bits per heavy atom. The monoisotopic (exact) mass is 371 g/mol. The molecule has 0 atom stereocenters. The quantitative estimate of drug-likeness (QED) is 0.573. The molecule has 26 heavy (non-hydrogen) atoms. The molecule has 2 aromatic heterocycles. The largest absolute Gasteiger partial charge is 0.349 e. The summed E-state index contributed by atoms with van der Waals surface area (Å²) in [6, 6.07) is 5.60.